The Balaban J connectivity index is 2.32. The van der Waals surface area contributed by atoms with Crippen molar-refractivity contribution in [2.45, 2.75) is 32.1 Å². The van der Waals surface area contributed by atoms with E-state index in [-0.39, 0.29) is 5.75 Å². The van der Waals surface area contributed by atoms with Crippen LogP contribution in [0.5, 0.6) is 0 Å². The Kier molecular flexibility index (Phi) is 6.02. The molecule has 0 aromatic rings. The van der Waals surface area contributed by atoms with Crippen LogP contribution >= 0.6 is 0 Å². The molecule has 0 radical (unpaired) electrons. The fourth-order valence-corrected chi connectivity index (χ4v) is 3.57. The Morgan fingerprint density at radius 2 is 1.84 bits per heavy atom. The molecule has 0 bridgehead atoms. The summed E-state index contributed by atoms with van der Waals surface area (Å²) in [5.41, 5.74) is 0. The summed E-state index contributed by atoms with van der Waals surface area (Å²) in [5, 5.41) is 0. The van der Waals surface area contributed by atoms with Crippen LogP contribution in [-0.4, -0.2) is 50.4 Å². The lowest BCUT2D eigenvalue weighted by atomic mass is 9.81. The molecule has 0 aliphatic heterocycles. The molecule has 0 saturated heterocycles. The summed E-state index contributed by atoms with van der Waals surface area (Å²) in [6, 6.07) is 0. The predicted molar refractivity (Wildman–Crippen MR) is 78.5 cm³/mol. The van der Waals surface area contributed by atoms with Crippen LogP contribution in [-0.2, 0) is 10.1 Å². The normalized spacial score (nSPS) is 25.2. The first kappa shape index (κ1) is 16.7. The topological polar surface area (TPSA) is 54.4 Å². The lowest BCUT2D eigenvalue weighted by Gasteiger charge is -2.36. The zero-order valence-corrected chi connectivity index (χ0v) is 13.0. The van der Waals surface area contributed by atoms with E-state index in [4.69, 9.17) is 4.55 Å². The molecule has 0 aromatic carbocycles. The van der Waals surface area contributed by atoms with Gasteiger partial charge in [0.25, 0.3) is 10.1 Å². The van der Waals surface area contributed by atoms with E-state index in [9.17, 15) is 8.42 Å². The van der Waals surface area contributed by atoms with Crippen LogP contribution in [0.25, 0.3) is 0 Å². The second kappa shape index (κ2) is 6.86. The highest BCUT2D eigenvalue weighted by molar-refractivity contribution is 7.85. The second-order valence-corrected chi connectivity index (χ2v) is 8.07. The van der Waals surface area contributed by atoms with Crippen LogP contribution in [0.1, 0.15) is 32.1 Å². The van der Waals surface area contributed by atoms with Gasteiger partial charge in [-0.3, -0.25) is 4.55 Å². The molecule has 4 nitrogen and oxygen atoms in total. The van der Waals surface area contributed by atoms with Gasteiger partial charge in [0.1, 0.15) is 0 Å². The van der Waals surface area contributed by atoms with Crippen molar-refractivity contribution < 1.29 is 17.5 Å². The molecular formula is C14H28NO3S+. The molecule has 1 rings (SSSR count). The zero-order chi connectivity index (χ0) is 14.5. The number of hydrogen-bond donors (Lipinski definition) is 1. The molecule has 0 unspecified atom stereocenters. The Bertz CT molecular complexity index is 381. The van der Waals surface area contributed by atoms with Crippen LogP contribution in [0.15, 0.2) is 12.7 Å². The van der Waals surface area contributed by atoms with Crippen molar-refractivity contribution in [3.8, 4) is 0 Å². The minimum atomic E-state index is -3.81. The zero-order valence-electron chi connectivity index (χ0n) is 12.2. The molecule has 0 spiro atoms. The van der Waals surface area contributed by atoms with Crippen molar-refractivity contribution in [3.63, 3.8) is 0 Å². The van der Waals surface area contributed by atoms with Crippen LogP contribution in [0.4, 0.5) is 0 Å². The minimum Gasteiger partial charge on any atom is -0.328 e. The maximum atomic E-state index is 10.7. The smallest absolute Gasteiger partial charge is 0.265 e. The lowest BCUT2D eigenvalue weighted by Crippen LogP contribution is -2.45. The van der Waals surface area contributed by atoms with Crippen molar-refractivity contribution in [1.82, 2.24) is 0 Å². The molecular weight excluding hydrogens is 262 g/mol. The summed E-state index contributed by atoms with van der Waals surface area (Å²) in [6.07, 6.45) is 7.56. The summed E-state index contributed by atoms with van der Waals surface area (Å²) in [6.45, 7) is 5.75. The summed E-state index contributed by atoms with van der Waals surface area (Å²) in [7, 11) is 0.474. The largest absolute Gasteiger partial charge is 0.328 e. The van der Waals surface area contributed by atoms with Gasteiger partial charge in [-0.2, -0.15) is 8.42 Å². The number of rotatable bonds is 7. The van der Waals surface area contributed by atoms with Gasteiger partial charge in [0.05, 0.1) is 32.9 Å². The van der Waals surface area contributed by atoms with E-state index in [1.54, 1.807) is 0 Å². The summed E-state index contributed by atoms with van der Waals surface area (Å²) in [5.74, 6) is 1.29. The van der Waals surface area contributed by atoms with Crippen molar-refractivity contribution in [2.75, 3.05) is 32.9 Å². The molecule has 0 aromatic heterocycles. The van der Waals surface area contributed by atoms with Crippen LogP contribution < -0.4 is 0 Å². The molecule has 0 atom stereocenters. The Hall–Kier alpha value is -0.390. The SMILES string of the molecule is C=CC1CCC(C[N+](C)(C)CCCS(=O)(=O)O)CC1. The van der Waals surface area contributed by atoms with Gasteiger partial charge in [-0.25, -0.2) is 0 Å². The third-order valence-electron chi connectivity index (χ3n) is 4.14. The van der Waals surface area contributed by atoms with Crippen molar-refractivity contribution in [1.29, 1.82) is 0 Å². The van der Waals surface area contributed by atoms with E-state index < -0.39 is 10.1 Å². The van der Waals surface area contributed by atoms with Gasteiger partial charge < -0.3 is 4.48 Å². The molecule has 1 saturated carbocycles. The van der Waals surface area contributed by atoms with E-state index >= 15 is 0 Å². The van der Waals surface area contributed by atoms with Gasteiger partial charge in [0.15, 0.2) is 0 Å². The molecule has 1 aliphatic carbocycles. The molecule has 1 fully saturated rings. The first-order valence-corrected chi connectivity index (χ1v) is 8.72. The van der Waals surface area contributed by atoms with Gasteiger partial charge in [-0.05, 0) is 31.6 Å². The van der Waals surface area contributed by atoms with Crippen LogP contribution in [0.2, 0.25) is 0 Å². The Labute approximate surface area is 117 Å². The second-order valence-electron chi connectivity index (χ2n) is 6.50. The van der Waals surface area contributed by atoms with E-state index in [0.29, 0.717) is 12.3 Å². The lowest BCUT2D eigenvalue weighted by molar-refractivity contribution is -0.893. The van der Waals surface area contributed by atoms with Gasteiger partial charge in [0.2, 0.25) is 0 Å². The van der Waals surface area contributed by atoms with Crippen LogP contribution in [0, 0.1) is 11.8 Å². The quantitative estimate of drug-likeness (QED) is 0.445. The Morgan fingerprint density at radius 1 is 1.26 bits per heavy atom. The van der Waals surface area contributed by atoms with Crippen molar-refractivity contribution in [2.24, 2.45) is 11.8 Å². The highest BCUT2D eigenvalue weighted by Crippen LogP contribution is 2.30. The maximum absolute atomic E-state index is 10.7. The highest BCUT2D eigenvalue weighted by atomic mass is 32.2. The van der Waals surface area contributed by atoms with Gasteiger partial charge in [-0.15, -0.1) is 6.58 Å². The minimum absolute atomic E-state index is 0.127. The molecule has 112 valence electrons. The average molecular weight is 290 g/mol. The van der Waals surface area contributed by atoms with E-state index in [1.165, 1.54) is 25.7 Å². The van der Waals surface area contributed by atoms with Crippen molar-refractivity contribution in [3.05, 3.63) is 12.7 Å². The van der Waals surface area contributed by atoms with Crippen molar-refractivity contribution >= 4 is 10.1 Å². The molecule has 1 aliphatic rings. The number of nitrogens with zero attached hydrogens (tertiary/aromatic N) is 1. The summed E-state index contributed by atoms with van der Waals surface area (Å²) in [4.78, 5) is 0. The summed E-state index contributed by atoms with van der Waals surface area (Å²) >= 11 is 0. The van der Waals surface area contributed by atoms with Crippen LogP contribution in [0.3, 0.4) is 0 Å². The average Bonchev–Trinajstić information content (AvgIpc) is 2.27. The van der Waals surface area contributed by atoms with E-state index in [0.717, 1.165) is 23.5 Å². The fraction of sp³-hybridized carbons (Fsp3) is 0.857. The third-order valence-corrected chi connectivity index (χ3v) is 4.95. The predicted octanol–water partition coefficient (Wildman–Crippen LogP) is 2.33. The molecule has 19 heavy (non-hydrogen) atoms. The number of allylic oxidation sites excluding steroid dienone is 1. The molecule has 0 amide bonds. The molecule has 5 heteroatoms. The monoisotopic (exact) mass is 290 g/mol. The highest BCUT2D eigenvalue weighted by Gasteiger charge is 2.26. The summed E-state index contributed by atoms with van der Waals surface area (Å²) < 4.78 is 31.0. The van der Waals surface area contributed by atoms with Gasteiger partial charge >= 0.3 is 0 Å². The van der Waals surface area contributed by atoms with Gasteiger partial charge in [-0.1, -0.05) is 6.08 Å². The molecule has 1 N–H and O–H groups in total. The van der Waals surface area contributed by atoms with E-state index in [1.807, 2.05) is 0 Å². The Morgan fingerprint density at radius 3 is 2.32 bits per heavy atom. The maximum Gasteiger partial charge on any atom is 0.265 e. The third kappa shape index (κ3) is 7.09. The first-order valence-electron chi connectivity index (χ1n) is 7.11. The molecule has 0 heterocycles. The fourth-order valence-electron chi connectivity index (χ4n) is 3.07. The number of quaternary nitrogens is 1. The van der Waals surface area contributed by atoms with E-state index in [2.05, 4.69) is 26.8 Å². The number of hydrogen-bond acceptors (Lipinski definition) is 2. The standard InChI is InChI=1S/C14H27NO3S/c1-4-13-6-8-14(9-7-13)12-15(2,3)10-5-11-19(16,17)18/h4,13-14H,1,5-12H2,2-3H3/p+1. The first-order chi connectivity index (χ1) is 8.72. The van der Waals surface area contributed by atoms with Gasteiger partial charge in [0, 0.05) is 12.3 Å².